The summed E-state index contributed by atoms with van der Waals surface area (Å²) in [5, 5.41) is 0. The minimum atomic E-state index is 0.805. The Hall–Kier alpha value is -2.16. The average molecular weight is 268 g/mol. The van der Waals surface area contributed by atoms with Crippen molar-refractivity contribution in [1.82, 2.24) is 0 Å². The molecule has 2 N–H and O–H groups in total. The fourth-order valence-electron chi connectivity index (χ4n) is 2.72. The van der Waals surface area contributed by atoms with E-state index in [1.807, 2.05) is 6.07 Å². The molecule has 0 amide bonds. The zero-order valence-electron chi connectivity index (χ0n) is 12.0. The van der Waals surface area contributed by atoms with Crippen LogP contribution in [0.4, 0.5) is 11.4 Å². The Kier molecular flexibility index (Phi) is 3.26. The number of ether oxygens (including phenoxy) is 1. The molecule has 1 aliphatic rings. The molecule has 0 radical (unpaired) electrons. The van der Waals surface area contributed by atoms with Crippen LogP contribution < -0.4 is 15.4 Å². The normalized spacial score (nSPS) is 12.9. The highest BCUT2D eigenvalue weighted by Gasteiger charge is 2.13. The molecule has 0 unspecified atom stereocenters. The second kappa shape index (κ2) is 5.08. The van der Waals surface area contributed by atoms with Crippen molar-refractivity contribution in [2.45, 2.75) is 19.9 Å². The maximum atomic E-state index is 6.10. The summed E-state index contributed by atoms with van der Waals surface area (Å²) < 4.78 is 5.54. The van der Waals surface area contributed by atoms with Gasteiger partial charge in [-0.05, 0) is 41.8 Å². The summed E-state index contributed by atoms with van der Waals surface area (Å²) in [6.45, 7) is 3.71. The zero-order chi connectivity index (χ0) is 14.1. The number of hydrogen-bond donors (Lipinski definition) is 1. The third kappa shape index (κ3) is 2.44. The summed E-state index contributed by atoms with van der Waals surface area (Å²) in [7, 11) is 2.07. The summed E-state index contributed by atoms with van der Waals surface area (Å²) in [5.74, 6) is 1.03. The Morgan fingerprint density at radius 2 is 2.05 bits per heavy atom. The van der Waals surface area contributed by atoms with Gasteiger partial charge in [-0.15, -0.1) is 0 Å². The third-order valence-electron chi connectivity index (χ3n) is 3.77. The lowest BCUT2D eigenvalue weighted by Gasteiger charge is -2.21. The van der Waals surface area contributed by atoms with E-state index in [-0.39, 0.29) is 0 Å². The summed E-state index contributed by atoms with van der Waals surface area (Å²) >= 11 is 0. The first-order valence-electron chi connectivity index (χ1n) is 6.95. The monoisotopic (exact) mass is 268 g/mol. The van der Waals surface area contributed by atoms with Crippen LogP contribution in [0.5, 0.6) is 5.75 Å². The van der Waals surface area contributed by atoms with E-state index >= 15 is 0 Å². The van der Waals surface area contributed by atoms with Crippen LogP contribution >= 0.6 is 0 Å². The SMILES string of the molecule is Cc1ccc(N(C)Cc2ccc3c(c2)CCO3)c(N)c1. The maximum absolute atomic E-state index is 6.10. The van der Waals surface area contributed by atoms with Gasteiger partial charge >= 0.3 is 0 Å². The number of aryl methyl sites for hydroxylation is 1. The van der Waals surface area contributed by atoms with Crippen LogP contribution in [0.3, 0.4) is 0 Å². The number of hydrogen-bond acceptors (Lipinski definition) is 3. The lowest BCUT2D eigenvalue weighted by Crippen LogP contribution is -2.17. The Balaban J connectivity index is 1.80. The fourth-order valence-corrected chi connectivity index (χ4v) is 2.72. The van der Waals surface area contributed by atoms with Gasteiger partial charge in [0.1, 0.15) is 5.75 Å². The molecule has 0 atom stereocenters. The molecular formula is C17H20N2O. The molecule has 1 heterocycles. The highest BCUT2D eigenvalue weighted by Crippen LogP contribution is 2.28. The van der Waals surface area contributed by atoms with Gasteiger partial charge in [-0.3, -0.25) is 0 Å². The fraction of sp³-hybridized carbons (Fsp3) is 0.294. The zero-order valence-corrected chi connectivity index (χ0v) is 12.0. The summed E-state index contributed by atoms with van der Waals surface area (Å²) in [4.78, 5) is 2.19. The Bertz CT molecular complexity index is 637. The van der Waals surface area contributed by atoms with Gasteiger partial charge in [0.2, 0.25) is 0 Å². The van der Waals surface area contributed by atoms with Crippen molar-refractivity contribution in [3.8, 4) is 5.75 Å². The van der Waals surface area contributed by atoms with E-state index < -0.39 is 0 Å². The van der Waals surface area contributed by atoms with E-state index in [1.165, 1.54) is 16.7 Å². The average Bonchev–Trinajstić information content (AvgIpc) is 2.85. The largest absolute Gasteiger partial charge is 0.493 e. The predicted molar refractivity (Wildman–Crippen MR) is 83.3 cm³/mol. The van der Waals surface area contributed by atoms with Crippen LogP contribution in [0.1, 0.15) is 16.7 Å². The first-order valence-corrected chi connectivity index (χ1v) is 6.95. The van der Waals surface area contributed by atoms with Crippen molar-refractivity contribution in [2.24, 2.45) is 0 Å². The summed E-state index contributed by atoms with van der Waals surface area (Å²) in [5.41, 5.74) is 11.8. The molecule has 0 aliphatic carbocycles. The van der Waals surface area contributed by atoms with E-state index in [2.05, 4.69) is 49.2 Å². The van der Waals surface area contributed by atoms with Gasteiger partial charge in [-0.2, -0.15) is 0 Å². The van der Waals surface area contributed by atoms with E-state index in [4.69, 9.17) is 10.5 Å². The van der Waals surface area contributed by atoms with Gasteiger partial charge in [-0.25, -0.2) is 0 Å². The maximum Gasteiger partial charge on any atom is 0.122 e. The lowest BCUT2D eigenvalue weighted by atomic mass is 10.1. The molecule has 20 heavy (non-hydrogen) atoms. The van der Waals surface area contributed by atoms with E-state index in [1.54, 1.807) is 0 Å². The van der Waals surface area contributed by atoms with Gasteiger partial charge in [0, 0.05) is 20.0 Å². The number of anilines is 2. The van der Waals surface area contributed by atoms with Gasteiger partial charge in [0.15, 0.2) is 0 Å². The lowest BCUT2D eigenvalue weighted by molar-refractivity contribution is 0.357. The van der Waals surface area contributed by atoms with Gasteiger partial charge in [0.05, 0.1) is 18.0 Å². The van der Waals surface area contributed by atoms with Crippen LogP contribution in [0.2, 0.25) is 0 Å². The molecule has 104 valence electrons. The highest BCUT2D eigenvalue weighted by molar-refractivity contribution is 5.68. The van der Waals surface area contributed by atoms with Gasteiger partial charge in [-0.1, -0.05) is 18.2 Å². The molecule has 3 rings (SSSR count). The van der Waals surface area contributed by atoms with Crippen LogP contribution in [-0.4, -0.2) is 13.7 Å². The molecule has 0 saturated carbocycles. The topological polar surface area (TPSA) is 38.5 Å². The van der Waals surface area contributed by atoms with Crippen LogP contribution in [0, 0.1) is 6.92 Å². The Morgan fingerprint density at radius 1 is 1.20 bits per heavy atom. The standard InChI is InChI=1S/C17H20N2O/c1-12-3-5-16(15(18)9-12)19(2)11-13-4-6-17-14(10-13)7-8-20-17/h3-6,9-10H,7-8,11,18H2,1-2H3. The molecule has 2 aromatic rings. The Labute approximate surface area is 120 Å². The predicted octanol–water partition coefficient (Wildman–Crippen LogP) is 3.15. The molecular weight excluding hydrogens is 248 g/mol. The molecule has 2 aromatic carbocycles. The highest BCUT2D eigenvalue weighted by atomic mass is 16.5. The number of nitrogens with zero attached hydrogens (tertiary/aromatic N) is 1. The number of rotatable bonds is 3. The summed E-state index contributed by atoms with van der Waals surface area (Å²) in [6.07, 6.45) is 1.01. The smallest absolute Gasteiger partial charge is 0.122 e. The first kappa shape index (κ1) is 12.9. The third-order valence-corrected chi connectivity index (χ3v) is 3.77. The van der Waals surface area contributed by atoms with Crippen molar-refractivity contribution in [3.63, 3.8) is 0 Å². The first-order chi connectivity index (χ1) is 9.63. The van der Waals surface area contributed by atoms with Crippen LogP contribution in [0.15, 0.2) is 36.4 Å². The van der Waals surface area contributed by atoms with Crippen molar-refractivity contribution in [3.05, 3.63) is 53.1 Å². The van der Waals surface area contributed by atoms with Crippen molar-refractivity contribution >= 4 is 11.4 Å². The van der Waals surface area contributed by atoms with Gasteiger partial charge < -0.3 is 15.4 Å². The van der Waals surface area contributed by atoms with Crippen LogP contribution in [0.25, 0.3) is 0 Å². The molecule has 3 heteroatoms. The second-order valence-corrected chi connectivity index (χ2v) is 5.46. The minimum Gasteiger partial charge on any atom is -0.493 e. The van der Waals surface area contributed by atoms with Gasteiger partial charge in [0.25, 0.3) is 0 Å². The molecule has 0 bridgehead atoms. The second-order valence-electron chi connectivity index (χ2n) is 5.46. The van der Waals surface area contributed by atoms with Crippen LogP contribution in [-0.2, 0) is 13.0 Å². The number of fused-ring (bicyclic) bond motifs is 1. The molecule has 0 aromatic heterocycles. The number of benzene rings is 2. The van der Waals surface area contributed by atoms with Crippen molar-refractivity contribution in [2.75, 3.05) is 24.3 Å². The molecule has 3 nitrogen and oxygen atoms in total. The minimum absolute atomic E-state index is 0.805. The molecule has 0 spiro atoms. The van der Waals surface area contributed by atoms with E-state index in [0.717, 1.165) is 36.7 Å². The van der Waals surface area contributed by atoms with E-state index in [9.17, 15) is 0 Å². The molecule has 0 saturated heterocycles. The number of nitrogen functional groups attached to an aromatic ring is 1. The summed E-state index contributed by atoms with van der Waals surface area (Å²) in [6, 6.07) is 12.6. The molecule has 0 fully saturated rings. The molecule has 1 aliphatic heterocycles. The Morgan fingerprint density at radius 3 is 2.85 bits per heavy atom. The van der Waals surface area contributed by atoms with Crippen molar-refractivity contribution < 1.29 is 4.74 Å². The number of nitrogens with two attached hydrogens (primary N) is 1. The van der Waals surface area contributed by atoms with E-state index in [0.29, 0.717) is 0 Å². The van der Waals surface area contributed by atoms with Crippen molar-refractivity contribution in [1.29, 1.82) is 0 Å². The quantitative estimate of drug-likeness (QED) is 0.869.